The Hall–Kier alpha value is -2.27. The summed E-state index contributed by atoms with van der Waals surface area (Å²) in [7, 11) is 0. The minimum atomic E-state index is -0.403. The first kappa shape index (κ1) is 12.5. The van der Waals surface area contributed by atoms with Crippen molar-refractivity contribution in [2.24, 2.45) is 11.8 Å². The first-order valence-electron chi connectivity index (χ1n) is 6.90. The van der Waals surface area contributed by atoms with E-state index in [0.29, 0.717) is 11.3 Å². The molecule has 5 heteroatoms. The quantitative estimate of drug-likeness (QED) is 0.466. The molecular formula is C16H13NO4. The van der Waals surface area contributed by atoms with Crippen LogP contribution in [0.4, 0.5) is 5.69 Å². The van der Waals surface area contributed by atoms with Crippen LogP contribution in [0, 0.1) is 11.8 Å². The highest BCUT2D eigenvalue weighted by molar-refractivity contribution is 6.23. The van der Waals surface area contributed by atoms with E-state index in [2.05, 4.69) is 0 Å². The van der Waals surface area contributed by atoms with Crippen molar-refractivity contribution in [1.29, 1.82) is 0 Å². The molecule has 0 aromatic heterocycles. The molecule has 4 atom stereocenters. The van der Waals surface area contributed by atoms with Crippen LogP contribution in [-0.2, 0) is 14.3 Å². The molecule has 1 aromatic carbocycles. The second-order valence-corrected chi connectivity index (χ2v) is 5.62. The van der Waals surface area contributed by atoms with E-state index in [0.717, 1.165) is 0 Å². The van der Waals surface area contributed by atoms with E-state index in [1.807, 2.05) is 12.2 Å². The van der Waals surface area contributed by atoms with Crippen LogP contribution < -0.4 is 4.90 Å². The summed E-state index contributed by atoms with van der Waals surface area (Å²) in [4.78, 5) is 37.6. The van der Waals surface area contributed by atoms with Gasteiger partial charge in [-0.05, 0) is 31.2 Å². The summed E-state index contributed by atoms with van der Waals surface area (Å²) in [6.07, 6.45) is 3.16. The number of Topliss-reactive ketones (excluding diaryl/α,β-unsaturated/α-hetero) is 1. The van der Waals surface area contributed by atoms with Crippen LogP contribution in [0.3, 0.4) is 0 Å². The summed E-state index contributed by atoms with van der Waals surface area (Å²) in [5, 5.41) is 0. The average Bonchev–Trinajstić information content (AvgIpc) is 3.13. The van der Waals surface area contributed by atoms with Crippen molar-refractivity contribution in [2.45, 2.75) is 19.1 Å². The fourth-order valence-electron chi connectivity index (χ4n) is 3.40. The number of ether oxygens (including phenoxy) is 1. The molecule has 2 amide bonds. The Bertz CT molecular complexity index is 661. The van der Waals surface area contributed by atoms with Gasteiger partial charge in [-0.3, -0.25) is 14.4 Å². The summed E-state index contributed by atoms with van der Waals surface area (Å²) >= 11 is 0. The summed E-state index contributed by atoms with van der Waals surface area (Å²) in [6, 6.07) is 6.55. The Labute approximate surface area is 121 Å². The molecule has 5 nitrogen and oxygen atoms in total. The van der Waals surface area contributed by atoms with Crippen LogP contribution in [0.2, 0.25) is 0 Å². The number of carbonyl (C=O) groups excluding carboxylic acids is 3. The van der Waals surface area contributed by atoms with Crippen LogP contribution in [-0.4, -0.2) is 29.8 Å². The van der Waals surface area contributed by atoms with Gasteiger partial charge < -0.3 is 4.74 Å². The lowest BCUT2D eigenvalue weighted by molar-refractivity contribution is -0.124. The van der Waals surface area contributed by atoms with E-state index >= 15 is 0 Å². The largest absolute Gasteiger partial charge is 0.365 e. The fourth-order valence-corrected chi connectivity index (χ4v) is 3.40. The molecule has 0 spiro atoms. The van der Waals surface area contributed by atoms with Gasteiger partial charge in [0.25, 0.3) is 0 Å². The van der Waals surface area contributed by atoms with Crippen LogP contribution in [0.25, 0.3) is 0 Å². The van der Waals surface area contributed by atoms with Gasteiger partial charge in [0, 0.05) is 5.56 Å². The van der Waals surface area contributed by atoms with E-state index in [9.17, 15) is 14.4 Å². The molecule has 0 aliphatic carbocycles. The average molecular weight is 283 g/mol. The van der Waals surface area contributed by atoms with Crippen molar-refractivity contribution in [1.82, 2.24) is 0 Å². The third-order valence-corrected chi connectivity index (χ3v) is 4.44. The molecule has 4 rings (SSSR count). The maximum Gasteiger partial charge on any atom is 0.240 e. The van der Waals surface area contributed by atoms with Gasteiger partial charge in [-0.1, -0.05) is 12.2 Å². The summed E-state index contributed by atoms with van der Waals surface area (Å²) in [6.45, 7) is 1.48. The zero-order valence-corrected chi connectivity index (χ0v) is 11.4. The van der Waals surface area contributed by atoms with Gasteiger partial charge in [-0.2, -0.15) is 0 Å². The molecule has 2 fully saturated rings. The smallest absolute Gasteiger partial charge is 0.240 e. The number of ketones is 1. The minimum Gasteiger partial charge on any atom is -0.365 e. The molecule has 0 saturated carbocycles. The Morgan fingerprint density at radius 3 is 2.00 bits per heavy atom. The second kappa shape index (κ2) is 4.11. The summed E-state index contributed by atoms with van der Waals surface area (Å²) in [5.74, 6) is -1.28. The monoisotopic (exact) mass is 283 g/mol. The van der Waals surface area contributed by atoms with Crippen molar-refractivity contribution >= 4 is 23.3 Å². The van der Waals surface area contributed by atoms with E-state index in [1.165, 1.54) is 11.8 Å². The molecule has 3 heterocycles. The topological polar surface area (TPSA) is 63.7 Å². The van der Waals surface area contributed by atoms with Gasteiger partial charge in [0.2, 0.25) is 11.8 Å². The lowest BCUT2D eigenvalue weighted by Crippen LogP contribution is -2.34. The molecule has 0 unspecified atom stereocenters. The Balaban J connectivity index is 1.69. The SMILES string of the molecule is CC(=O)c1ccc(N2C(=O)[C@@H]3[C@@H](C2=O)[C@H]2C=C[C@@H]3O2)cc1. The molecular weight excluding hydrogens is 270 g/mol. The molecule has 0 radical (unpaired) electrons. The molecule has 2 bridgehead atoms. The summed E-state index contributed by atoms with van der Waals surface area (Å²) < 4.78 is 5.59. The maximum atomic E-state index is 12.5. The number of fused-ring (bicyclic) bond motifs is 5. The van der Waals surface area contributed by atoms with Gasteiger partial charge in [0.05, 0.1) is 29.7 Å². The Kier molecular flexibility index (Phi) is 2.44. The molecule has 3 aliphatic heterocycles. The van der Waals surface area contributed by atoms with Crippen LogP contribution in [0.5, 0.6) is 0 Å². The molecule has 2 saturated heterocycles. The standard InChI is InChI=1S/C16H13NO4/c1-8(18)9-2-4-10(5-3-9)17-15(19)13-11-6-7-12(21-11)14(13)16(17)20/h2-7,11-14H,1H3/t11-,12+,13-,14-/m0/s1. The highest BCUT2D eigenvalue weighted by atomic mass is 16.5. The molecule has 21 heavy (non-hydrogen) atoms. The highest BCUT2D eigenvalue weighted by Crippen LogP contribution is 2.46. The Morgan fingerprint density at radius 2 is 1.52 bits per heavy atom. The van der Waals surface area contributed by atoms with E-state index in [4.69, 9.17) is 4.74 Å². The predicted octanol–water partition coefficient (Wildman–Crippen LogP) is 1.33. The number of hydrogen-bond donors (Lipinski definition) is 0. The molecule has 0 N–H and O–H groups in total. The first-order chi connectivity index (χ1) is 10.1. The van der Waals surface area contributed by atoms with E-state index in [1.54, 1.807) is 24.3 Å². The number of hydrogen-bond acceptors (Lipinski definition) is 4. The van der Waals surface area contributed by atoms with Crippen LogP contribution in [0.1, 0.15) is 17.3 Å². The van der Waals surface area contributed by atoms with Gasteiger partial charge in [0.15, 0.2) is 5.78 Å². The lowest BCUT2D eigenvalue weighted by atomic mass is 9.85. The van der Waals surface area contributed by atoms with Crippen LogP contribution in [0.15, 0.2) is 36.4 Å². The normalized spacial score (nSPS) is 32.9. The zero-order valence-electron chi connectivity index (χ0n) is 11.4. The minimum absolute atomic E-state index is 0.0480. The maximum absolute atomic E-state index is 12.5. The van der Waals surface area contributed by atoms with Crippen molar-refractivity contribution < 1.29 is 19.1 Å². The zero-order chi connectivity index (χ0) is 14.7. The third-order valence-electron chi connectivity index (χ3n) is 4.44. The van der Waals surface area contributed by atoms with Crippen molar-refractivity contribution in [3.8, 4) is 0 Å². The number of carbonyl (C=O) groups is 3. The lowest BCUT2D eigenvalue weighted by Gasteiger charge is -2.17. The van der Waals surface area contributed by atoms with Crippen molar-refractivity contribution in [2.75, 3.05) is 4.90 Å². The number of nitrogens with zero attached hydrogens (tertiary/aromatic N) is 1. The third kappa shape index (κ3) is 1.58. The molecule has 3 aliphatic rings. The molecule has 106 valence electrons. The number of anilines is 1. The predicted molar refractivity (Wildman–Crippen MR) is 73.7 cm³/mol. The van der Waals surface area contributed by atoms with Gasteiger partial charge in [-0.15, -0.1) is 0 Å². The van der Waals surface area contributed by atoms with E-state index < -0.39 is 11.8 Å². The summed E-state index contributed by atoms with van der Waals surface area (Å²) in [5.41, 5.74) is 1.08. The van der Waals surface area contributed by atoms with Gasteiger partial charge >= 0.3 is 0 Å². The van der Waals surface area contributed by atoms with Crippen molar-refractivity contribution in [3.63, 3.8) is 0 Å². The molecule has 1 aromatic rings. The number of benzene rings is 1. The first-order valence-corrected chi connectivity index (χ1v) is 6.90. The fraction of sp³-hybridized carbons (Fsp3) is 0.312. The Morgan fingerprint density at radius 1 is 1.00 bits per heavy atom. The second-order valence-electron chi connectivity index (χ2n) is 5.62. The van der Waals surface area contributed by atoms with Gasteiger partial charge in [-0.25, -0.2) is 4.90 Å². The number of amides is 2. The van der Waals surface area contributed by atoms with Crippen LogP contribution >= 0.6 is 0 Å². The van der Waals surface area contributed by atoms with Crippen molar-refractivity contribution in [3.05, 3.63) is 42.0 Å². The van der Waals surface area contributed by atoms with Gasteiger partial charge in [0.1, 0.15) is 0 Å². The highest BCUT2D eigenvalue weighted by Gasteiger charge is 2.60. The number of rotatable bonds is 2. The number of imide groups is 1. The van der Waals surface area contributed by atoms with E-state index in [-0.39, 0.29) is 29.8 Å².